The zero-order valence-electron chi connectivity index (χ0n) is 20.7. The number of pyridine rings is 1. The maximum Gasteiger partial charge on any atom is 0.573 e. The van der Waals surface area contributed by atoms with Gasteiger partial charge in [-0.15, -0.1) is 13.2 Å². The number of hydrogen-bond donors (Lipinski definition) is 1. The number of nitro benzene ring substituents is 1. The predicted molar refractivity (Wildman–Crippen MR) is 132 cm³/mol. The molecule has 0 bridgehead atoms. The van der Waals surface area contributed by atoms with Crippen molar-refractivity contribution in [1.29, 1.82) is 0 Å². The van der Waals surface area contributed by atoms with Gasteiger partial charge in [-0.25, -0.2) is 9.97 Å². The molecule has 2 fully saturated rings. The van der Waals surface area contributed by atoms with Crippen LogP contribution in [-0.4, -0.2) is 63.3 Å². The molecule has 6 rings (SSSR count). The zero-order valence-corrected chi connectivity index (χ0v) is 20.7. The number of alkyl halides is 3. The van der Waals surface area contributed by atoms with Gasteiger partial charge in [0.15, 0.2) is 5.65 Å². The number of aromatic amines is 1. The van der Waals surface area contributed by atoms with Crippen molar-refractivity contribution in [3.05, 3.63) is 63.6 Å². The number of benzene rings is 1. The van der Waals surface area contributed by atoms with Crippen LogP contribution in [0.15, 0.2) is 36.5 Å². The second-order valence-electron chi connectivity index (χ2n) is 10.4. The molecule has 1 spiro atoms. The fraction of sp³-hybridized carbons (Fsp3) is 0.423. The fourth-order valence-electron chi connectivity index (χ4n) is 5.83. The number of fused-ring (bicyclic) bond motifs is 1. The van der Waals surface area contributed by atoms with Gasteiger partial charge < -0.3 is 19.4 Å². The third-order valence-corrected chi connectivity index (χ3v) is 7.65. The number of nitro groups is 1. The monoisotopic (exact) mass is 543 g/mol. The number of carbonyl (C=O) groups excluding carboxylic acids is 1. The Kier molecular flexibility index (Phi) is 6.05. The molecule has 0 unspecified atom stereocenters. The van der Waals surface area contributed by atoms with Crippen LogP contribution in [0.25, 0.3) is 16.7 Å². The summed E-state index contributed by atoms with van der Waals surface area (Å²) in [6.07, 6.45) is 2.18. The van der Waals surface area contributed by atoms with Gasteiger partial charge in [0.2, 0.25) is 0 Å². The Morgan fingerprint density at radius 3 is 2.72 bits per heavy atom. The average molecular weight is 544 g/mol. The van der Waals surface area contributed by atoms with E-state index in [0.717, 1.165) is 67.1 Å². The van der Waals surface area contributed by atoms with Gasteiger partial charge in [0.05, 0.1) is 24.2 Å². The van der Waals surface area contributed by atoms with E-state index >= 15 is 0 Å². The quantitative estimate of drug-likeness (QED) is 0.354. The third kappa shape index (κ3) is 4.93. The van der Waals surface area contributed by atoms with Gasteiger partial charge in [-0.2, -0.15) is 0 Å². The number of nitrogens with one attached hydrogen (secondary N) is 1. The van der Waals surface area contributed by atoms with E-state index in [2.05, 4.69) is 14.7 Å². The maximum absolute atomic E-state index is 13.1. The summed E-state index contributed by atoms with van der Waals surface area (Å²) in [6.45, 7) is 2.16. The summed E-state index contributed by atoms with van der Waals surface area (Å²) in [5.74, 6) is 0.0567. The molecule has 1 aliphatic carbocycles. The van der Waals surface area contributed by atoms with E-state index in [9.17, 15) is 28.1 Å². The summed E-state index contributed by atoms with van der Waals surface area (Å²) in [5, 5.41) is 11.5. The van der Waals surface area contributed by atoms with E-state index in [0.29, 0.717) is 29.5 Å². The minimum Gasteiger partial charge on any atom is -0.406 e. The van der Waals surface area contributed by atoms with E-state index in [1.54, 1.807) is 6.20 Å². The molecule has 204 valence electrons. The minimum atomic E-state index is -5.01. The number of rotatable bonds is 6. The first kappa shape index (κ1) is 25.3. The van der Waals surface area contributed by atoms with Gasteiger partial charge in [0.25, 0.3) is 11.6 Å². The highest BCUT2D eigenvalue weighted by Gasteiger charge is 2.49. The molecule has 2 aromatic heterocycles. The largest absolute Gasteiger partial charge is 0.573 e. The molecule has 1 N–H and O–H groups in total. The van der Waals surface area contributed by atoms with Gasteiger partial charge in [-0.1, -0.05) is 6.08 Å². The summed E-state index contributed by atoms with van der Waals surface area (Å²) >= 11 is 0. The van der Waals surface area contributed by atoms with Crippen LogP contribution >= 0.6 is 0 Å². The first-order chi connectivity index (χ1) is 18.6. The van der Waals surface area contributed by atoms with Gasteiger partial charge in [-0.3, -0.25) is 14.9 Å². The molecule has 10 nitrogen and oxygen atoms in total. The zero-order chi connectivity index (χ0) is 27.4. The van der Waals surface area contributed by atoms with E-state index in [1.807, 2.05) is 12.1 Å². The lowest BCUT2D eigenvalue weighted by molar-refractivity contribution is -0.385. The molecule has 1 aromatic carbocycles. The van der Waals surface area contributed by atoms with Crippen molar-refractivity contribution in [2.75, 3.05) is 26.3 Å². The highest BCUT2D eigenvalue weighted by molar-refractivity contribution is 5.99. The van der Waals surface area contributed by atoms with Crippen LogP contribution in [0.3, 0.4) is 0 Å². The summed E-state index contributed by atoms with van der Waals surface area (Å²) in [7, 11) is 0. The van der Waals surface area contributed by atoms with Crippen molar-refractivity contribution >= 4 is 28.3 Å². The highest BCUT2D eigenvalue weighted by Crippen LogP contribution is 2.51. The standard InChI is InChI=1S/C26H24F3N5O5/c27-26(28,29)39-17-1-2-19(20(10-17)34(36)37)24(35)33-7-4-16(5-8-33)18-3-6-30-23-22(18)31-21(32-23)9-15-11-25(12-15)13-38-14-25/h1-4,6,10,15H,5,7-9,11-14H2,(H,30,31,32). The normalized spacial score (nSPS) is 18.9. The molecule has 3 aromatic rings. The molecule has 2 aliphatic heterocycles. The fourth-order valence-corrected chi connectivity index (χ4v) is 5.83. The Labute approximate surface area is 220 Å². The number of amides is 1. The predicted octanol–water partition coefficient (Wildman–Crippen LogP) is 4.66. The van der Waals surface area contributed by atoms with E-state index in [1.165, 1.54) is 4.90 Å². The number of aromatic nitrogens is 3. The average Bonchev–Trinajstić information content (AvgIpc) is 3.26. The Morgan fingerprint density at radius 2 is 2.08 bits per heavy atom. The molecular weight excluding hydrogens is 519 g/mol. The van der Waals surface area contributed by atoms with Gasteiger partial charge in [0.1, 0.15) is 22.7 Å². The van der Waals surface area contributed by atoms with E-state index in [4.69, 9.17) is 9.72 Å². The van der Waals surface area contributed by atoms with E-state index in [-0.39, 0.29) is 18.7 Å². The Bertz CT molecular complexity index is 1490. The third-order valence-electron chi connectivity index (χ3n) is 7.65. The Balaban J connectivity index is 1.17. The van der Waals surface area contributed by atoms with Crippen LogP contribution in [0.5, 0.6) is 5.75 Å². The molecule has 0 radical (unpaired) electrons. The summed E-state index contributed by atoms with van der Waals surface area (Å²) in [5.41, 5.74) is 2.67. The molecule has 4 heterocycles. The van der Waals surface area contributed by atoms with Crippen LogP contribution in [-0.2, 0) is 11.2 Å². The molecule has 3 aliphatic rings. The van der Waals surface area contributed by atoms with Crippen molar-refractivity contribution in [1.82, 2.24) is 19.9 Å². The maximum atomic E-state index is 13.1. The molecule has 1 amide bonds. The lowest BCUT2D eigenvalue weighted by Gasteiger charge is -2.53. The van der Waals surface area contributed by atoms with Crippen molar-refractivity contribution < 1.29 is 32.4 Å². The van der Waals surface area contributed by atoms with Crippen LogP contribution in [0.1, 0.15) is 41.0 Å². The van der Waals surface area contributed by atoms with Gasteiger partial charge in [0, 0.05) is 36.7 Å². The number of halogens is 3. The van der Waals surface area contributed by atoms with Crippen molar-refractivity contribution in [2.45, 2.75) is 32.0 Å². The second kappa shape index (κ2) is 9.33. The first-order valence-corrected chi connectivity index (χ1v) is 12.5. The van der Waals surface area contributed by atoms with Gasteiger partial charge >= 0.3 is 6.36 Å². The Morgan fingerprint density at radius 1 is 1.28 bits per heavy atom. The van der Waals surface area contributed by atoms with Crippen molar-refractivity contribution in [2.24, 2.45) is 11.3 Å². The molecule has 13 heteroatoms. The van der Waals surface area contributed by atoms with E-state index < -0.39 is 28.6 Å². The number of imidazole rings is 1. The van der Waals surface area contributed by atoms with Crippen molar-refractivity contribution in [3.63, 3.8) is 0 Å². The summed E-state index contributed by atoms with van der Waals surface area (Å²) < 4.78 is 46.7. The number of H-pyrrole nitrogens is 1. The van der Waals surface area contributed by atoms with Crippen LogP contribution in [0.2, 0.25) is 0 Å². The van der Waals surface area contributed by atoms with Crippen LogP contribution in [0.4, 0.5) is 18.9 Å². The van der Waals surface area contributed by atoms with Gasteiger partial charge in [-0.05, 0) is 49.0 Å². The smallest absolute Gasteiger partial charge is 0.406 e. The second-order valence-corrected chi connectivity index (χ2v) is 10.4. The number of ether oxygens (including phenoxy) is 2. The summed E-state index contributed by atoms with van der Waals surface area (Å²) in [4.78, 5) is 37.7. The lowest BCUT2D eigenvalue weighted by atomic mass is 9.60. The van der Waals surface area contributed by atoms with Crippen molar-refractivity contribution in [3.8, 4) is 5.75 Å². The number of nitrogens with zero attached hydrogens (tertiary/aromatic N) is 4. The molecule has 0 atom stereocenters. The minimum absolute atomic E-state index is 0.180. The number of hydrogen-bond acceptors (Lipinski definition) is 7. The molecule has 1 saturated heterocycles. The topological polar surface area (TPSA) is 123 Å². The number of carbonyl (C=O) groups is 1. The lowest BCUT2D eigenvalue weighted by Crippen LogP contribution is -2.52. The molecule has 1 saturated carbocycles. The highest BCUT2D eigenvalue weighted by atomic mass is 19.4. The molecule has 39 heavy (non-hydrogen) atoms. The first-order valence-electron chi connectivity index (χ1n) is 12.5. The molecular formula is C26H24F3N5O5. The SMILES string of the molecule is O=C(c1ccc(OC(F)(F)F)cc1[N+](=O)[O-])N1CC=C(c2ccnc3[nH]c(CC4CC5(COC5)C4)nc23)CC1. The van der Waals surface area contributed by atoms with Crippen LogP contribution < -0.4 is 4.74 Å². The Hall–Kier alpha value is -4.00. The van der Waals surface area contributed by atoms with Crippen LogP contribution in [0, 0.1) is 21.4 Å². The summed E-state index contributed by atoms with van der Waals surface area (Å²) in [6, 6.07) is 4.37.